The Hall–Kier alpha value is -2.38. The summed E-state index contributed by atoms with van der Waals surface area (Å²) in [5.41, 5.74) is 0.827. The number of rotatable bonds is 2. The molecule has 4 rings (SSSR count). The van der Waals surface area contributed by atoms with Gasteiger partial charge in [0.15, 0.2) is 0 Å². The first-order valence-corrected chi connectivity index (χ1v) is 7.94. The van der Waals surface area contributed by atoms with Crippen LogP contribution >= 0.6 is 0 Å². The number of imide groups is 1. The van der Waals surface area contributed by atoms with Crippen molar-refractivity contribution in [3.05, 3.63) is 11.8 Å². The molecule has 0 aliphatic carbocycles. The van der Waals surface area contributed by atoms with Crippen molar-refractivity contribution in [2.24, 2.45) is 7.05 Å². The second-order valence-electron chi connectivity index (χ2n) is 6.40. The lowest BCUT2D eigenvalue weighted by atomic mass is 10.1. The molecule has 0 saturated carbocycles. The van der Waals surface area contributed by atoms with Crippen LogP contribution in [0.1, 0.15) is 25.0 Å². The topological polar surface area (TPSA) is 78.8 Å². The van der Waals surface area contributed by atoms with Gasteiger partial charge in [0.1, 0.15) is 17.9 Å². The third-order valence-electron chi connectivity index (χ3n) is 4.97. The Morgan fingerprint density at radius 2 is 1.87 bits per heavy atom. The van der Waals surface area contributed by atoms with Crippen molar-refractivity contribution in [3.63, 3.8) is 0 Å². The number of anilines is 1. The minimum Gasteiger partial charge on any atom is -0.312 e. The summed E-state index contributed by atoms with van der Waals surface area (Å²) in [6.07, 6.45) is 2.03. The molecule has 0 bridgehead atoms. The second kappa shape index (κ2) is 4.81. The van der Waals surface area contributed by atoms with Crippen molar-refractivity contribution < 1.29 is 14.4 Å². The normalized spacial score (nSPS) is 27.6. The average molecular weight is 317 g/mol. The fraction of sp³-hybridized carbons (Fsp3) is 0.600. The van der Waals surface area contributed by atoms with Crippen LogP contribution in [-0.2, 0) is 16.6 Å². The van der Waals surface area contributed by atoms with E-state index in [1.165, 1.54) is 4.90 Å². The lowest BCUT2D eigenvalue weighted by Gasteiger charge is -2.22. The van der Waals surface area contributed by atoms with Gasteiger partial charge in [-0.25, -0.2) is 9.69 Å². The number of carbonyl (C=O) groups excluding carboxylic acids is 3. The molecule has 0 spiro atoms. The van der Waals surface area contributed by atoms with E-state index in [2.05, 4.69) is 5.10 Å². The van der Waals surface area contributed by atoms with E-state index in [4.69, 9.17) is 0 Å². The number of fused-ring (bicyclic) bond motifs is 1. The smallest absolute Gasteiger partial charge is 0.312 e. The summed E-state index contributed by atoms with van der Waals surface area (Å²) >= 11 is 0. The average Bonchev–Trinajstić information content (AvgIpc) is 3.22. The Bertz CT molecular complexity index is 690. The Morgan fingerprint density at radius 3 is 2.52 bits per heavy atom. The number of carbonyl (C=O) groups is 3. The summed E-state index contributed by atoms with van der Waals surface area (Å²) in [7, 11) is 1.78. The number of aromatic nitrogens is 2. The van der Waals surface area contributed by atoms with Gasteiger partial charge in [-0.1, -0.05) is 0 Å². The van der Waals surface area contributed by atoms with Crippen LogP contribution in [0.2, 0.25) is 0 Å². The molecule has 8 heteroatoms. The van der Waals surface area contributed by atoms with Crippen molar-refractivity contribution in [3.8, 4) is 0 Å². The van der Waals surface area contributed by atoms with E-state index >= 15 is 0 Å². The van der Waals surface area contributed by atoms with Gasteiger partial charge >= 0.3 is 6.03 Å². The largest absolute Gasteiger partial charge is 0.328 e. The van der Waals surface area contributed by atoms with Crippen molar-refractivity contribution in [2.45, 2.75) is 38.3 Å². The molecule has 3 saturated heterocycles. The van der Waals surface area contributed by atoms with Gasteiger partial charge in [-0.2, -0.15) is 5.10 Å². The van der Waals surface area contributed by atoms with Crippen LogP contribution in [0, 0.1) is 6.92 Å². The molecule has 3 aliphatic heterocycles. The van der Waals surface area contributed by atoms with Crippen LogP contribution in [0.15, 0.2) is 6.07 Å². The maximum absolute atomic E-state index is 12.8. The first-order chi connectivity index (χ1) is 11.0. The molecular formula is C15H19N5O3. The fourth-order valence-corrected chi connectivity index (χ4v) is 3.91. The van der Waals surface area contributed by atoms with E-state index in [0.29, 0.717) is 31.7 Å². The van der Waals surface area contributed by atoms with Gasteiger partial charge in [-0.3, -0.25) is 19.2 Å². The molecule has 23 heavy (non-hydrogen) atoms. The number of hydrogen-bond donors (Lipinski definition) is 0. The maximum atomic E-state index is 12.8. The summed E-state index contributed by atoms with van der Waals surface area (Å²) in [5, 5.41) is 4.26. The molecule has 0 N–H and O–H groups in total. The van der Waals surface area contributed by atoms with E-state index in [1.807, 2.05) is 13.0 Å². The number of nitrogens with zero attached hydrogens (tertiary/aromatic N) is 5. The van der Waals surface area contributed by atoms with Gasteiger partial charge in [0.05, 0.1) is 5.69 Å². The van der Waals surface area contributed by atoms with Crippen molar-refractivity contribution in [1.82, 2.24) is 19.6 Å². The van der Waals surface area contributed by atoms with Crippen LogP contribution in [0.3, 0.4) is 0 Å². The highest BCUT2D eigenvalue weighted by Crippen LogP contribution is 2.32. The van der Waals surface area contributed by atoms with Crippen molar-refractivity contribution in [2.75, 3.05) is 18.0 Å². The van der Waals surface area contributed by atoms with Crippen molar-refractivity contribution >= 4 is 23.7 Å². The van der Waals surface area contributed by atoms with Crippen LogP contribution in [0.4, 0.5) is 10.6 Å². The van der Waals surface area contributed by atoms with Gasteiger partial charge in [0, 0.05) is 26.2 Å². The Kier molecular flexibility index (Phi) is 2.97. The molecule has 0 radical (unpaired) electrons. The highest BCUT2D eigenvalue weighted by atomic mass is 16.2. The van der Waals surface area contributed by atoms with Gasteiger partial charge in [-0.15, -0.1) is 0 Å². The summed E-state index contributed by atoms with van der Waals surface area (Å²) in [4.78, 5) is 42.2. The zero-order valence-corrected chi connectivity index (χ0v) is 13.2. The lowest BCUT2D eigenvalue weighted by molar-refractivity contribution is -0.133. The van der Waals surface area contributed by atoms with Gasteiger partial charge in [0.25, 0.3) is 11.8 Å². The minimum atomic E-state index is -0.684. The highest BCUT2D eigenvalue weighted by molar-refractivity contribution is 6.10. The Balaban J connectivity index is 1.60. The molecule has 0 unspecified atom stereocenters. The molecule has 3 aliphatic rings. The standard InChI is InChI=1S/C15H19N5O3/c1-9-8-12(17(2)16-9)19-7-5-11(13(19)21)20-14(22)10-4-3-6-18(10)15(20)23/h8,10-11H,3-7H2,1-2H3/t10-,11+/m1/s1. The SMILES string of the molecule is Cc1cc(N2CC[C@H](N3C(=O)[C@H]4CCCN4C3=O)C2=O)n(C)n1. The van der Waals surface area contributed by atoms with E-state index in [-0.39, 0.29) is 23.9 Å². The first-order valence-electron chi connectivity index (χ1n) is 7.94. The monoisotopic (exact) mass is 317 g/mol. The maximum Gasteiger partial charge on any atom is 0.328 e. The van der Waals surface area contributed by atoms with E-state index < -0.39 is 6.04 Å². The highest BCUT2D eigenvalue weighted by Gasteiger charge is 2.53. The van der Waals surface area contributed by atoms with E-state index in [0.717, 1.165) is 12.1 Å². The summed E-state index contributed by atoms with van der Waals surface area (Å²) in [6.45, 7) is 2.96. The quantitative estimate of drug-likeness (QED) is 0.733. The molecule has 2 atom stereocenters. The van der Waals surface area contributed by atoms with Crippen molar-refractivity contribution in [1.29, 1.82) is 0 Å². The van der Waals surface area contributed by atoms with Gasteiger partial charge < -0.3 is 4.90 Å². The first kappa shape index (κ1) is 14.2. The third kappa shape index (κ3) is 1.90. The molecule has 1 aromatic heterocycles. The Morgan fingerprint density at radius 1 is 1.09 bits per heavy atom. The summed E-state index contributed by atoms with van der Waals surface area (Å²) < 4.78 is 1.65. The molecular weight excluding hydrogens is 298 g/mol. The minimum absolute atomic E-state index is 0.198. The van der Waals surface area contributed by atoms with Crippen LogP contribution < -0.4 is 4.90 Å². The zero-order chi connectivity index (χ0) is 16.3. The lowest BCUT2D eigenvalue weighted by Crippen LogP contribution is -2.46. The molecule has 4 heterocycles. The van der Waals surface area contributed by atoms with E-state index in [1.54, 1.807) is 21.5 Å². The fourth-order valence-electron chi connectivity index (χ4n) is 3.91. The van der Waals surface area contributed by atoms with Crippen LogP contribution in [-0.4, -0.2) is 62.6 Å². The summed E-state index contributed by atoms with van der Waals surface area (Å²) in [5.74, 6) is 0.291. The molecule has 0 aromatic carbocycles. The molecule has 4 amide bonds. The number of urea groups is 1. The predicted molar refractivity (Wildman–Crippen MR) is 80.7 cm³/mol. The number of amides is 4. The summed E-state index contributed by atoms with van der Waals surface area (Å²) in [6, 6.07) is 0.490. The second-order valence-corrected chi connectivity index (χ2v) is 6.40. The van der Waals surface area contributed by atoms with Gasteiger partial charge in [0.2, 0.25) is 0 Å². The van der Waals surface area contributed by atoms with Gasteiger partial charge in [-0.05, 0) is 26.2 Å². The molecule has 1 aromatic rings. The third-order valence-corrected chi connectivity index (χ3v) is 4.97. The molecule has 122 valence electrons. The zero-order valence-electron chi connectivity index (χ0n) is 13.2. The number of aryl methyl sites for hydroxylation is 2. The van der Waals surface area contributed by atoms with E-state index in [9.17, 15) is 14.4 Å². The Labute approximate surface area is 133 Å². The number of hydrogen-bond acceptors (Lipinski definition) is 4. The molecule has 3 fully saturated rings. The van der Waals surface area contributed by atoms with Crippen LogP contribution in [0.25, 0.3) is 0 Å². The molecule has 8 nitrogen and oxygen atoms in total. The predicted octanol–water partition coefficient (Wildman–Crippen LogP) is 0.260. The van der Waals surface area contributed by atoms with Crippen LogP contribution in [0.5, 0.6) is 0 Å².